The highest BCUT2D eigenvalue weighted by Gasteiger charge is 2.26. The molecule has 92 valence electrons. The summed E-state index contributed by atoms with van der Waals surface area (Å²) in [6, 6.07) is 8.67. The number of benzene rings is 1. The van der Waals surface area contributed by atoms with Crippen LogP contribution in [0.15, 0.2) is 39.8 Å². The van der Waals surface area contributed by atoms with Crippen LogP contribution in [0.4, 0.5) is 0 Å². The average Bonchev–Trinajstić information content (AvgIpc) is 2.36. The molecule has 0 saturated heterocycles. The lowest BCUT2D eigenvalue weighted by atomic mass is 10.1. The molecule has 0 bridgehead atoms. The van der Waals surface area contributed by atoms with E-state index in [2.05, 4.69) is 31.9 Å². The Morgan fingerprint density at radius 2 is 1.88 bits per heavy atom. The predicted octanol–water partition coefficient (Wildman–Crippen LogP) is 4.18. The first-order chi connectivity index (χ1) is 7.97. The van der Waals surface area contributed by atoms with E-state index in [9.17, 15) is 4.79 Å². The Balaban J connectivity index is 2.61. The Morgan fingerprint density at radius 3 is 2.41 bits per heavy atom. The lowest BCUT2D eigenvalue weighted by Gasteiger charge is -2.21. The monoisotopic (exact) mass is 362 g/mol. The molecule has 5 heteroatoms. The van der Waals surface area contributed by atoms with E-state index in [0.29, 0.717) is 5.56 Å². The van der Waals surface area contributed by atoms with Crippen LogP contribution >= 0.6 is 31.9 Å². The van der Waals surface area contributed by atoms with Crippen molar-refractivity contribution in [1.29, 1.82) is 0 Å². The summed E-state index contributed by atoms with van der Waals surface area (Å²) in [5.41, 5.74) is -0.296. The van der Waals surface area contributed by atoms with E-state index in [1.807, 2.05) is 6.07 Å². The zero-order valence-corrected chi connectivity index (χ0v) is 12.6. The smallest absolute Gasteiger partial charge is 0.292 e. The molecule has 0 atom stereocenters. The second-order valence-electron chi connectivity index (χ2n) is 3.79. The summed E-state index contributed by atoms with van der Waals surface area (Å²) in [5.74, 6) is -0.520. The van der Waals surface area contributed by atoms with Crippen LogP contribution in [0.2, 0.25) is 0 Å². The fraction of sp³-hybridized carbons (Fsp3) is 0.250. The third kappa shape index (κ3) is 4.26. The van der Waals surface area contributed by atoms with Gasteiger partial charge in [-0.05, 0) is 31.0 Å². The topological polar surface area (TPSA) is 35.5 Å². The van der Waals surface area contributed by atoms with Crippen LogP contribution in [0, 0.1) is 0 Å². The number of carbonyl (C=O) groups excluding carboxylic acids is 1. The van der Waals surface area contributed by atoms with Crippen molar-refractivity contribution in [3.63, 3.8) is 0 Å². The lowest BCUT2D eigenvalue weighted by molar-refractivity contribution is -0.292. The van der Waals surface area contributed by atoms with Gasteiger partial charge in [-0.1, -0.05) is 50.1 Å². The van der Waals surface area contributed by atoms with Gasteiger partial charge in [0.15, 0.2) is 0 Å². The van der Waals surface area contributed by atoms with Crippen molar-refractivity contribution in [2.45, 2.75) is 19.4 Å². The van der Waals surface area contributed by atoms with Gasteiger partial charge in [0.25, 0.3) is 0 Å². The minimum absolute atomic E-state index is 0.447. The van der Waals surface area contributed by atoms with E-state index in [1.165, 1.54) is 0 Å². The third-order valence-corrected chi connectivity index (χ3v) is 4.26. The lowest BCUT2D eigenvalue weighted by Crippen LogP contribution is -2.26. The molecule has 0 radical (unpaired) electrons. The zero-order valence-electron chi connectivity index (χ0n) is 9.44. The molecule has 0 aromatic heterocycles. The van der Waals surface area contributed by atoms with E-state index in [-0.39, 0.29) is 0 Å². The van der Waals surface area contributed by atoms with Gasteiger partial charge < -0.3 is 0 Å². The molecule has 0 amide bonds. The predicted molar refractivity (Wildman–Crippen MR) is 73.0 cm³/mol. The Labute approximate surface area is 117 Å². The van der Waals surface area contributed by atoms with Crippen LogP contribution in [0.5, 0.6) is 0 Å². The number of rotatable bonds is 4. The molecule has 3 nitrogen and oxygen atoms in total. The molecular formula is C12H12Br2O3. The van der Waals surface area contributed by atoms with Gasteiger partial charge in [0.2, 0.25) is 0 Å². The standard InChI is InChI=1S/C12H12Br2O3/c1-12(2,10(14)8-13)17-16-11(15)9-6-4-3-5-7-9/h3-8H,1-2H3. The molecule has 17 heavy (non-hydrogen) atoms. The maximum atomic E-state index is 11.6. The highest BCUT2D eigenvalue weighted by Crippen LogP contribution is 2.27. The largest absolute Gasteiger partial charge is 0.373 e. The molecule has 0 aliphatic heterocycles. The molecule has 0 saturated carbocycles. The molecule has 0 N–H and O–H groups in total. The van der Waals surface area contributed by atoms with Crippen molar-refractivity contribution in [2.75, 3.05) is 0 Å². The van der Waals surface area contributed by atoms with Gasteiger partial charge in [-0.15, -0.1) is 0 Å². The first-order valence-electron chi connectivity index (χ1n) is 4.89. The summed E-state index contributed by atoms with van der Waals surface area (Å²) in [5, 5.41) is 0. The second-order valence-corrected chi connectivity index (χ2v) is 5.10. The van der Waals surface area contributed by atoms with Gasteiger partial charge in [-0.25, -0.2) is 4.79 Å². The summed E-state index contributed by atoms with van der Waals surface area (Å²) < 4.78 is 0.728. The maximum absolute atomic E-state index is 11.6. The SMILES string of the molecule is CC(C)(OOC(=O)c1ccccc1)C(Br)=CBr. The summed E-state index contributed by atoms with van der Waals surface area (Å²) >= 11 is 6.48. The molecule has 1 rings (SSSR count). The minimum atomic E-state index is -0.742. The van der Waals surface area contributed by atoms with E-state index < -0.39 is 11.6 Å². The fourth-order valence-electron chi connectivity index (χ4n) is 0.936. The van der Waals surface area contributed by atoms with Crippen LogP contribution in [0.25, 0.3) is 0 Å². The molecule has 0 aliphatic rings. The number of halogens is 2. The van der Waals surface area contributed by atoms with Crippen LogP contribution in [-0.2, 0) is 9.78 Å². The average molecular weight is 364 g/mol. The molecule has 1 aromatic carbocycles. The van der Waals surface area contributed by atoms with Gasteiger partial charge in [0.1, 0.15) is 5.60 Å². The van der Waals surface area contributed by atoms with E-state index in [0.717, 1.165) is 4.48 Å². The van der Waals surface area contributed by atoms with Gasteiger partial charge in [0.05, 0.1) is 5.56 Å². The van der Waals surface area contributed by atoms with Gasteiger partial charge in [-0.3, -0.25) is 4.89 Å². The number of carbonyl (C=O) groups is 1. The van der Waals surface area contributed by atoms with Crippen LogP contribution in [0.1, 0.15) is 24.2 Å². The molecular weight excluding hydrogens is 352 g/mol. The first-order valence-corrected chi connectivity index (χ1v) is 6.59. The Bertz CT molecular complexity index is 413. The first kappa shape index (κ1) is 14.4. The zero-order chi connectivity index (χ0) is 12.9. The molecule has 0 heterocycles. The fourth-order valence-corrected chi connectivity index (χ4v) is 1.55. The van der Waals surface area contributed by atoms with E-state index >= 15 is 0 Å². The number of hydrogen-bond donors (Lipinski definition) is 0. The van der Waals surface area contributed by atoms with Gasteiger partial charge in [0, 0.05) is 4.48 Å². The molecule has 0 spiro atoms. The van der Waals surface area contributed by atoms with Crippen LogP contribution in [0.3, 0.4) is 0 Å². The van der Waals surface area contributed by atoms with Crippen molar-refractivity contribution in [3.05, 3.63) is 45.4 Å². The summed E-state index contributed by atoms with van der Waals surface area (Å²) in [6.07, 6.45) is 0. The molecule has 0 aliphatic carbocycles. The normalized spacial score (nSPS) is 12.4. The van der Waals surface area contributed by atoms with E-state index in [4.69, 9.17) is 9.78 Å². The highest BCUT2D eigenvalue weighted by atomic mass is 79.9. The van der Waals surface area contributed by atoms with E-state index in [1.54, 1.807) is 43.1 Å². The quantitative estimate of drug-likeness (QED) is 0.594. The van der Waals surface area contributed by atoms with Crippen molar-refractivity contribution in [3.8, 4) is 0 Å². The summed E-state index contributed by atoms with van der Waals surface area (Å²) in [6.45, 7) is 3.54. The molecule has 0 unspecified atom stereocenters. The maximum Gasteiger partial charge on any atom is 0.373 e. The van der Waals surface area contributed by atoms with Crippen LogP contribution in [-0.4, -0.2) is 11.6 Å². The van der Waals surface area contributed by atoms with Crippen LogP contribution < -0.4 is 0 Å². The van der Waals surface area contributed by atoms with Crippen molar-refractivity contribution in [2.24, 2.45) is 0 Å². The second kappa shape index (κ2) is 6.33. The minimum Gasteiger partial charge on any atom is -0.292 e. The van der Waals surface area contributed by atoms with Crippen molar-refractivity contribution >= 4 is 37.8 Å². The van der Waals surface area contributed by atoms with Crippen molar-refractivity contribution in [1.82, 2.24) is 0 Å². The highest BCUT2D eigenvalue weighted by molar-refractivity contribution is 9.14. The molecule has 1 aromatic rings. The number of hydrogen-bond acceptors (Lipinski definition) is 3. The Hall–Kier alpha value is -0.650. The Morgan fingerprint density at radius 1 is 1.29 bits per heavy atom. The van der Waals surface area contributed by atoms with Crippen molar-refractivity contribution < 1.29 is 14.6 Å². The van der Waals surface area contributed by atoms with Gasteiger partial charge in [-0.2, -0.15) is 4.89 Å². The third-order valence-electron chi connectivity index (χ3n) is 2.01. The molecule has 0 fully saturated rings. The Kier molecular flexibility index (Phi) is 5.36. The summed E-state index contributed by atoms with van der Waals surface area (Å²) in [7, 11) is 0. The van der Waals surface area contributed by atoms with Gasteiger partial charge >= 0.3 is 5.97 Å². The summed E-state index contributed by atoms with van der Waals surface area (Å²) in [4.78, 5) is 23.2.